The molecule has 0 radical (unpaired) electrons. The van der Waals surface area contributed by atoms with E-state index < -0.39 is 26.3 Å². The first-order chi connectivity index (χ1) is 9.34. The highest BCUT2D eigenvalue weighted by molar-refractivity contribution is 7.90. The van der Waals surface area contributed by atoms with E-state index in [0.29, 0.717) is 0 Å². The van der Waals surface area contributed by atoms with Gasteiger partial charge in [0.25, 0.3) is 15.9 Å². The smallest absolute Gasteiger partial charge is 0.370 e. The highest BCUT2D eigenvalue weighted by Gasteiger charge is 2.31. The van der Waals surface area contributed by atoms with Gasteiger partial charge in [-0.1, -0.05) is 12.1 Å². The summed E-state index contributed by atoms with van der Waals surface area (Å²) in [5.41, 5.74) is 9.16. The van der Waals surface area contributed by atoms with Gasteiger partial charge in [0.2, 0.25) is 0 Å². The molecule has 0 unspecified atom stereocenters. The van der Waals surface area contributed by atoms with Crippen LogP contribution >= 0.6 is 12.4 Å². The Labute approximate surface area is 132 Å². The molecule has 0 fully saturated rings. The van der Waals surface area contributed by atoms with Crippen molar-refractivity contribution in [3.63, 3.8) is 0 Å². The van der Waals surface area contributed by atoms with Gasteiger partial charge in [0.05, 0.1) is 5.56 Å². The molecule has 2 rings (SSSR count). The van der Waals surface area contributed by atoms with Gasteiger partial charge in [0, 0.05) is 0 Å². The number of nitrogens with one attached hydrogen (secondary N) is 2. The number of hydrogen-bond donors (Lipinski definition) is 6. The summed E-state index contributed by atoms with van der Waals surface area (Å²) in [6, 6.07) is 6.09. The molecule has 0 bridgehead atoms. The molecule has 8 N–H and O–H groups in total. The summed E-state index contributed by atoms with van der Waals surface area (Å²) in [5, 5.41) is 6.06. The van der Waals surface area contributed by atoms with Gasteiger partial charge in [0.1, 0.15) is 4.90 Å². The van der Waals surface area contributed by atoms with Crippen LogP contribution in [0.25, 0.3) is 0 Å². The Kier molecular flexibility index (Phi) is 8.63. The van der Waals surface area contributed by atoms with Gasteiger partial charge >= 0.3 is 10.4 Å². The Hall–Kier alpha value is -1.93. The van der Waals surface area contributed by atoms with E-state index in [1.165, 1.54) is 12.1 Å². The number of nitrogens with two attached hydrogens (primary N) is 2. The number of carbonyl (C=O) groups is 1. The molecule has 1 heterocycles. The number of benzene rings is 1. The summed E-state index contributed by atoms with van der Waals surface area (Å²) in [5.74, 6) is -0.884. The van der Waals surface area contributed by atoms with Crippen molar-refractivity contribution in [2.45, 2.75) is 4.90 Å². The third-order valence-electron chi connectivity index (χ3n) is 1.65. The van der Waals surface area contributed by atoms with E-state index in [0.717, 1.165) is 0 Å². The molecule has 0 atom stereocenters. The number of halogens is 1. The lowest BCUT2D eigenvalue weighted by Gasteiger charge is -1.91. The largest absolute Gasteiger partial charge is 0.394 e. The van der Waals surface area contributed by atoms with Crippen molar-refractivity contribution < 1.29 is 30.7 Å². The molecule has 126 valence electrons. The first kappa shape index (κ1) is 22.4. The van der Waals surface area contributed by atoms with Gasteiger partial charge in [-0.15, -0.1) is 12.4 Å². The van der Waals surface area contributed by atoms with Gasteiger partial charge in [0.15, 0.2) is 5.96 Å². The summed E-state index contributed by atoms with van der Waals surface area (Å²) in [6.07, 6.45) is 0. The van der Waals surface area contributed by atoms with Gasteiger partial charge in [-0.3, -0.25) is 19.3 Å². The summed E-state index contributed by atoms with van der Waals surface area (Å²) in [6.45, 7) is 0. The van der Waals surface area contributed by atoms with Crippen LogP contribution in [-0.2, 0) is 20.4 Å². The molecule has 1 amide bonds. The Morgan fingerprint density at radius 2 is 1.55 bits per heavy atom. The minimum Gasteiger partial charge on any atom is -0.370 e. The number of amides is 1. The second kappa shape index (κ2) is 8.50. The molecule has 0 aromatic heterocycles. The molecule has 1 aliphatic heterocycles. The van der Waals surface area contributed by atoms with E-state index in [1.54, 1.807) is 12.1 Å². The first-order valence-corrected chi connectivity index (χ1v) is 7.68. The quantitative estimate of drug-likeness (QED) is 0.180. The van der Waals surface area contributed by atoms with E-state index >= 15 is 0 Å². The maximum atomic E-state index is 11.1. The normalized spacial score (nSPS) is 13.8. The number of sulfonamides is 1. The number of rotatable bonds is 0. The van der Waals surface area contributed by atoms with E-state index in [2.05, 4.69) is 11.5 Å². The Bertz CT molecular complexity index is 736. The van der Waals surface area contributed by atoms with E-state index in [1.807, 2.05) is 4.72 Å². The zero-order valence-electron chi connectivity index (χ0n) is 10.6. The highest BCUT2D eigenvalue weighted by Crippen LogP contribution is 2.20. The average Bonchev–Trinajstić information content (AvgIpc) is 2.47. The van der Waals surface area contributed by atoms with Gasteiger partial charge in [-0.2, -0.15) is 8.42 Å². The molecule has 22 heavy (non-hydrogen) atoms. The fourth-order valence-electron chi connectivity index (χ4n) is 1.12. The Morgan fingerprint density at radius 3 is 1.91 bits per heavy atom. The maximum Gasteiger partial charge on any atom is 0.394 e. The molecule has 1 aromatic rings. The van der Waals surface area contributed by atoms with Crippen molar-refractivity contribution in [2.24, 2.45) is 11.5 Å². The zero-order valence-corrected chi connectivity index (χ0v) is 13.1. The van der Waals surface area contributed by atoms with Crippen LogP contribution in [0.2, 0.25) is 0 Å². The summed E-state index contributed by atoms with van der Waals surface area (Å²) in [4.78, 5) is 11.1. The van der Waals surface area contributed by atoms with Crippen LogP contribution < -0.4 is 16.2 Å². The molecular formula is C8H13ClN4O7S2. The average molecular weight is 377 g/mol. The van der Waals surface area contributed by atoms with Crippen molar-refractivity contribution in [3.05, 3.63) is 29.8 Å². The second-order valence-corrected chi connectivity index (χ2v) is 5.88. The van der Waals surface area contributed by atoms with Crippen LogP contribution in [0, 0.1) is 5.41 Å². The topological polar surface area (TPSA) is 214 Å². The van der Waals surface area contributed by atoms with Crippen LogP contribution in [0.5, 0.6) is 0 Å². The zero-order chi connectivity index (χ0) is 16.8. The third kappa shape index (κ3) is 9.09. The van der Waals surface area contributed by atoms with Crippen LogP contribution in [0.15, 0.2) is 29.2 Å². The molecule has 0 spiro atoms. The van der Waals surface area contributed by atoms with Gasteiger partial charge < -0.3 is 11.5 Å². The Morgan fingerprint density at radius 1 is 1.18 bits per heavy atom. The predicted molar refractivity (Wildman–Crippen MR) is 78.6 cm³/mol. The fraction of sp³-hybridized carbons (Fsp3) is 0. The maximum absolute atomic E-state index is 11.1. The molecule has 11 nitrogen and oxygen atoms in total. The van der Waals surface area contributed by atoms with E-state index in [9.17, 15) is 13.2 Å². The number of fused-ring (bicyclic) bond motifs is 1. The van der Waals surface area contributed by atoms with Crippen molar-refractivity contribution in [1.29, 1.82) is 5.41 Å². The Balaban J connectivity index is 0. The lowest BCUT2D eigenvalue weighted by Crippen LogP contribution is -2.20. The lowest BCUT2D eigenvalue weighted by molar-refractivity contribution is 0.0985. The molecule has 14 heteroatoms. The van der Waals surface area contributed by atoms with E-state index in [4.69, 9.17) is 22.9 Å². The lowest BCUT2D eigenvalue weighted by atomic mass is 10.2. The second-order valence-electron chi connectivity index (χ2n) is 3.33. The van der Waals surface area contributed by atoms with E-state index in [-0.39, 0.29) is 28.8 Å². The number of carbonyl (C=O) groups excluding carboxylic acids is 1. The van der Waals surface area contributed by atoms with Gasteiger partial charge in [-0.05, 0) is 12.1 Å². The molecule has 0 saturated heterocycles. The fourth-order valence-corrected chi connectivity index (χ4v) is 2.29. The molecule has 1 aromatic carbocycles. The summed E-state index contributed by atoms with van der Waals surface area (Å²) < 4.78 is 55.7. The van der Waals surface area contributed by atoms with Crippen molar-refractivity contribution in [1.82, 2.24) is 4.72 Å². The van der Waals surface area contributed by atoms with Gasteiger partial charge in [-0.25, -0.2) is 13.1 Å². The molecular weight excluding hydrogens is 364 g/mol. The highest BCUT2D eigenvalue weighted by atomic mass is 35.5. The van der Waals surface area contributed by atoms with Crippen LogP contribution in [0.4, 0.5) is 0 Å². The third-order valence-corrected chi connectivity index (χ3v) is 3.04. The minimum atomic E-state index is -4.67. The van der Waals surface area contributed by atoms with Crippen LogP contribution in [-0.4, -0.2) is 37.8 Å². The predicted octanol–water partition coefficient (Wildman–Crippen LogP) is -1.27. The van der Waals surface area contributed by atoms with Crippen LogP contribution in [0.3, 0.4) is 0 Å². The van der Waals surface area contributed by atoms with Crippen molar-refractivity contribution in [2.75, 3.05) is 0 Å². The van der Waals surface area contributed by atoms with Crippen molar-refractivity contribution >= 4 is 44.7 Å². The molecule has 0 saturated carbocycles. The van der Waals surface area contributed by atoms with Crippen LogP contribution in [0.1, 0.15) is 10.4 Å². The monoisotopic (exact) mass is 376 g/mol. The molecule has 0 aliphatic carbocycles. The number of guanidine groups is 1. The summed E-state index contributed by atoms with van der Waals surface area (Å²) in [7, 11) is -8.22. The number of hydrogen-bond acceptors (Lipinski definition) is 6. The standard InChI is InChI=1S/C7H5NO3S.CH5N3.ClH.H2O4S/c9-7-5-3-1-2-4-6(5)12(10,11)8-7;2-1(3)4;;1-5(2,3)4/h1-4H,(H,8,9);(H5,2,3,4);1H;(H2,1,2,3,4). The molecule has 1 aliphatic rings. The first-order valence-electron chi connectivity index (χ1n) is 4.80. The van der Waals surface area contributed by atoms with Crippen molar-refractivity contribution in [3.8, 4) is 0 Å². The minimum absolute atomic E-state index is 0. The SMILES string of the molecule is Cl.N=C(N)N.O=C1NS(=O)(=O)c2ccccc21.O=S(=O)(O)O. The summed E-state index contributed by atoms with van der Waals surface area (Å²) >= 11 is 0.